The monoisotopic (exact) mass is 671 g/mol. The van der Waals surface area contributed by atoms with E-state index in [9.17, 15) is 4.79 Å². The molecule has 0 saturated heterocycles. The van der Waals surface area contributed by atoms with Crippen molar-refractivity contribution in [3.8, 4) is 5.75 Å². The topological polar surface area (TPSA) is 47.9 Å². The lowest BCUT2D eigenvalue weighted by Gasteiger charge is -2.11. The van der Waals surface area contributed by atoms with E-state index >= 15 is 0 Å². The molecule has 1 aliphatic rings. The first-order valence-electron chi connectivity index (χ1n) is 9.04. The second kappa shape index (κ2) is 9.85. The van der Waals surface area contributed by atoms with Gasteiger partial charge in [-0.15, -0.1) is 0 Å². The van der Waals surface area contributed by atoms with Crippen molar-refractivity contribution in [1.82, 2.24) is 0 Å². The summed E-state index contributed by atoms with van der Waals surface area (Å²) in [6, 6.07) is 18.8. The summed E-state index contributed by atoms with van der Waals surface area (Å²) < 4.78 is 13.9. The van der Waals surface area contributed by atoms with Crippen LogP contribution in [0.5, 0.6) is 5.75 Å². The van der Waals surface area contributed by atoms with E-state index in [0.717, 1.165) is 29.2 Å². The first-order chi connectivity index (χ1) is 14.9. The fourth-order valence-corrected chi connectivity index (χ4v) is 4.76. The SMILES string of the molecule is O=C1OC(c2ccc(I)cc2)=N/C1=C\c1cc(Br)c(OCc2ccc(Cl)cc2)c(Br)c1. The Morgan fingerprint density at radius 1 is 1.03 bits per heavy atom. The third-order valence-electron chi connectivity index (χ3n) is 4.33. The number of ether oxygens (including phenoxy) is 2. The maximum atomic E-state index is 12.3. The van der Waals surface area contributed by atoms with Crippen LogP contribution in [0.4, 0.5) is 0 Å². The highest BCUT2D eigenvalue weighted by molar-refractivity contribution is 14.1. The number of esters is 1. The molecule has 156 valence electrons. The molecule has 0 amide bonds. The summed E-state index contributed by atoms with van der Waals surface area (Å²) in [5, 5.41) is 0.682. The zero-order valence-corrected chi connectivity index (χ0v) is 21.8. The zero-order chi connectivity index (χ0) is 22.0. The molecule has 0 unspecified atom stereocenters. The zero-order valence-electron chi connectivity index (χ0n) is 15.7. The molecule has 4 rings (SSSR count). The molecule has 0 saturated carbocycles. The molecule has 0 fully saturated rings. The molecule has 0 bridgehead atoms. The minimum absolute atomic E-state index is 0.238. The Balaban J connectivity index is 1.54. The van der Waals surface area contributed by atoms with Gasteiger partial charge in [0.2, 0.25) is 5.90 Å². The average molecular weight is 674 g/mol. The molecule has 0 aliphatic carbocycles. The molecule has 31 heavy (non-hydrogen) atoms. The van der Waals surface area contributed by atoms with Crippen LogP contribution in [0.1, 0.15) is 16.7 Å². The summed E-state index contributed by atoms with van der Waals surface area (Å²) in [6.07, 6.45) is 1.68. The van der Waals surface area contributed by atoms with Gasteiger partial charge in [-0.25, -0.2) is 9.79 Å². The van der Waals surface area contributed by atoms with Crippen molar-refractivity contribution in [3.05, 3.63) is 101 Å². The minimum atomic E-state index is -0.483. The van der Waals surface area contributed by atoms with Crippen LogP contribution in [0.25, 0.3) is 6.08 Å². The van der Waals surface area contributed by atoms with E-state index in [-0.39, 0.29) is 5.70 Å². The molecule has 0 radical (unpaired) electrons. The summed E-state index contributed by atoms with van der Waals surface area (Å²) in [5.41, 5.74) is 2.77. The van der Waals surface area contributed by atoms with E-state index in [1.54, 1.807) is 6.08 Å². The predicted octanol–water partition coefficient (Wildman–Crippen LogP) is 7.39. The van der Waals surface area contributed by atoms with Gasteiger partial charge in [0.1, 0.15) is 12.4 Å². The van der Waals surface area contributed by atoms with Crippen molar-refractivity contribution in [2.45, 2.75) is 6.61 Å². The van der Waals surface area contributed by atoms with Gasteiger partial charge in [0.25, 0.3) is 0 Å². The Morgan fingerprint density at radius 2 is 1.68 bits per heavy atom. The van der Waals surface area contributed by atoms with Crippen LogP contribution in [-0.4, -0.2) is 11.9 Å². The second-order valence-corrected chi connectivity index (χ2v) is 9.96. The van der Waals surface area contributed by atoms with E-state index in [2.05, 4.69) is 59.4 Å². The number of halogens is 4. The number of aliphatic imine (C=N–C) groups is 1. The number of carbonyl (C=O) groups is 1. The Kier molecular flexibility index (Phi) is 7.15. The first kappa shape index (κ1) is 22.5. The molecule has 8 heteroatoms. The first-order valence-corrected chi connectivity index (χ1v) is 12.1. The van der Waals surface area contributed by atoms with Crippen LogP contribution in [0.15, 0.2) is 80.3 Å². The van der Waals surface area contributed by atoms with Crippen LogP contribution in [0.3, 0.4) is 0 Å². The average Bonchev–Trinajstić information content (AvgIpc) is 3.09. The Labute approximate surface area is 214 Å². The molecular formula is C23H13Br2ClINO3. The Morgan fingerprint density at radius 3 is 2.32 bits per heavy atom. The second-order valence-electron chi connectivity index (χ2n) is 6.57. The van der Waals surface area contributed by atoms with Crippen molar-refractivity contribution >= 4 is 84.0 Å². The summed E-state index contributed by atoms with van der Waals surface area (Å²) in [5.74, 6) is 0.478. The van der Waals surface area contributed by atoms with Crippen molar-refractivity contribution in [3.63, 3.8) is 0 Å². The summed E-state index contributed by atoms with van der Waals surface area (Å²) in [4.78, 5) is 16.6. The number of carbonyl (C=O) groups excluding carboxylic acids is 1. The van der Waals surface area contributed by atoms with Gasteiger partial charge in [-0.3, -0.25) is 0 Å². The maximum Gasteiger partial charge on any atom is 0.363 e. The fraction of sp³-hybridized carbons (Fsp3) is 0.0435. The molecule has 0 aromatic heterocycles. The number of rotatable bonds is 5. The van der Waals surface area contributed by atoms with Gasteiger partial charge in [-0.1, -0.05) is 23.7 Å². The fourth-order valence-electron chi connectivity index (χ4n) is 2.82. The van der Waals surface area contributed by atoms with Gasteiger partial charge in [0, 0.05) is 14.2 Å². The largest absolute Gasteiger partial charge is 0.487 e. The maximum absolute atomic E-state index is 12.3. The van der Waals surface area contributed by atoms with Crippen LogP contribution >= 0.6 is 66.1 Å². The summed E-state index contributed by atoms with van der Waals surface area (Å²) in [7, 11) is 0. The molecule has 3 aromatic carbocycles. The van der Waals surface area contributed by atoms with Crippen LogP contribution in [0.2, 0.25) is 5.02 Å². The Bertz CT molecular complexity index is 1190. The Hall–Kier alpha value is -1.68. The smallest absolute Gasteiger partial charge is 0.363 e. The molecular weight excluding hydrogens is 660 g/mol. The van der Waals surface area contributed by atoms with E-state index in [1.807, 2.05) is 60.7 Å². The molecule has 4 nitrogen and oxygen atoms in total. The van der Waals surface area contributed by atoms with Crippen molar-refractivity contribution in [1.29, 1.82) is 0 Å². The number of hydrogen-bond acceptors (Lipinski definition) is 4. The van der Waals surface area contributed by atoms with Gasteiger partial charge < -0.3 is 9.47 Å². The number of cyclic esters (lactones) is 1. The lowest BCUT2D eigenvalue weighted by Crippen LogP contribution is -2.05. The third-order valence-corrected chi connectivity index (χ3v) is 6.48. The van der Waals surface area contributed by atoms with Gasteiger partial charge in [0.15, 0.2) is 5.70 Å². The number of hydrogen-bond donors (Lipinski definition) is 0. The highest BCUT2D eigenvalue weighted by Gasteiger charge is 2.24. The highest BCUT2D eigenvalue weighted by Crippen LogP contribution is 2.36. The van der Waals surface area contributed by atoms with Gasteiger partial charge in [0.05, 0.1) is 8.95 Å². The van der Waals surface area contributed by atoms with Gasteiger partial charge >= 0.3 is 5.97 Å². The summed E-state index contributed by atoms with van der Waals surface area (Å²) >= 11 is 15.2. The van der Waals surface area contributed by atoms with E-state index < -0.39 is 5.97 Å². The van der Waals surface area contributed by atoms with E-state index in [1.165, 1.54) is 0 Å². The standard InChI is InChI=1S/C23H13Br2ClINO3/c24-18-9-14(10-19(25)21(18)30-12-13-1-5-16(26)6-2-13)11-20-23(29)31-22(28-20)15-3-7-17(27)8-4-15/h1-11H,12H2/b20-11-. The van der Waals surface area contributed by atoms with Crippen LogP contribution in [-0.2, 0) is 16.1 Å². The predicted molar refractivity (Wildman–Crippen MR) is 137 cm³/mol. The molecule has 0 atom stereocenters. The molecule has 1 aliphatic heterocycles. The number of benzene rings is 3. The lowest BCUT2D eigenvalue weighted by molar-refractivity contribution is -0.129. The minimum Gasteiger partial charge on any atom is -0.487 e. The van der Waals surface area contributed by atoms with Crippen molar-refractivity contribution in [2.24, 2.45) is 4.99 Å². The summed E-state index contributed by atoms with van der Waals surface area (Å²) in [6.45, 7) is 0.394. The molecule has 3 aromatic rings. The third kappa shape index (κ3) is 5.58. The highest BCUT2D eigenvalue weighted by atomic mass is 127. The quantitative estimate of drug-likeness (QED) is 0.161. The van der Waals surface area contributed by atoms with E-state index in [4.69, 9.17) is 21.1 Å². The van der Waals surface area contributed by atoms with Crippen LogP contribution < -0.4 is 4.74 Å². The van der Waals surface area contributed by atoms with Crippen LogP contribution in [0, 0.1) is 3.57 Å². The lowest BCUT2D eigenvalue weighted by atomic mass is 10.2. The van der Waals surface area contributed by atoms with Gasteiger partial charge in [-0.2, -0.15) is 0 Å². The van der Waals surface area contributed by atoms with Crippen molar-refractivity contribution in [2.75, 3.05) is 0 Å². The molecule has 1 heterocycles. The molecule has 0 spiro atoms. The number of nitrogens with zero attached hydrogens (tertiary/aromatic N) is 1. The van der Waals surface area contributed by atoms with E-state index in [0.29, 0.717) is 23.3 Å². The molecule has 0 N–H and O–H groups in total. The van der Waals surface area contributed by atoms with Gasteiger partial charge in [-0.05, 0) is 120 Å². The normalized spacial score (nSPS) is 14.5. The van der Waals surface area contributed by atoms with Crippen molar-refractivity contribution < 1.29 is 14.3 Å².